The van der Waals surface area contributed by atoms with Crippen LogP contribution < -0.4 is 5.32 Å². The molecule has 1 fully saturated rings. The van der Waals surface area contributed by atoms with Crippen molar-refractivity contribution in [3.05, 3.63) is 35.6 Å². The van der Waals surface area contributed by atoms with Crippen LogP contribution in [0.5, 0.6) is 0 Å². The first kappa shape index (κ1) is 20.9. The number of carbonyl (C=O) groups excluding carboxylic acids is 3. The van der Waals surface area contributed by atoms with Crippen molar-refractivity contribution in [3.8, 4) is 0 Å². The minimum atomic E-state index is -0.686. The molecule has 1 N–H and O–H groups in total. The predicted molar refractivity (Wildman–Crippen MR) is 98.7 cm³/mol. The van der Waals surface area contributed by atoms with E-state index in [4.69, 9.17) is 4.74 Å². The first-order valence-electron chi connectivity index (χ1n) is 9.17. The summed E-state index contributed by atoms with van der Waals surface area (Å²) >= 11 is 0. The summed E-state index contributed by atoms with van der Waals surface area (Å²) in [4.78, 5) is 37.5. The number of nitrogens with zero attached hydrogens (tertiary/aromatic N) is 1. The third-order valence-corrected chi connectivity index (χ3v) is 4.34. The van der Waals surface area contributed by atoms with Crippen molar-refractivity contribution < 1.29 is 23.5 Å². The lowest BCUT2D eigenvalue weighted by molar-refractivity contribution is -0.134. The van der Waals surface area contributed by atoms with Crippen LogP contribution in [0.15, 0.2) is 24.3 Å². The fourth-order valence-electron chi connectivity index (χ4n) is 3.15. The third kappa shape index (κ3) is 6.34. The standard InChI is InChI=1S/C20H27FN2O4/c1-20(2,3)27-19(26)22-15(11-14-7-4-5-9-17(14)21)12-18(25)23-10-6-8-16(23)13-24/h4-5,7,9,13,15-16H,6,8,10-12H2,1-3H3,(H,22,26)/t15-,16+/m1/s1. The number of carbonyl (C=O) groups is 3. The average molecular weight is 378 g/mol. The number of hydrogen-bond acceptors (Lipinski definition) is 4. The number of rotatable bonds is 6. The van der Waals surface area contributed by atoms with Gasteiger partial charge in [0, 0.05) is 19.0 Å². The Morgan fingerprint density at radius 3 is 2.70 bits per heavy atom. The number of nitrogens with one attached hydrogen (secondary N) is 1. The van der Waals surface area contributed by atoms with Crippen molar-refractivity contribution in [2.75, 3.05) is 6.54 Å². The summed E-state index contributed by atoms with van der Waals surface area (Å²) in [5.41, 5.74) is -0.284. The van der Waals surface area contributed by atoms with Crippen LogP contribution in [0.25, 0.3) is 0 Å². The van der Waals surface area contributed by atoms with Crippen LogP contribution in [-0.4, -0.2) is 47.4 Å². The first-order chi connectivity index (χ1) is 12.7. The van der Waals surface area contributed by atoms with Gasteiger partial charge < -0.3 is 19.7 Å². The van der Waals surface area contributed by atoms with Crippen molar-refractivity contribution in [1.82, 2.24) is 10.2 Å². The molecular weight excluding hydrogens is 351 g/mol. The molecule has 148 valence electrons. The maximum atomic E-state index is 14.0. The second-order valence-corrected chi connectivity index (χ2v) is 7.78. The molecule has 1 aromatic carbocycles. The molecule has 1 saturated heterocycles. The van der Waals surface area contributed by atoms with E-state index < -0.39 is 29.6 Å². The molecule has 1 aliphatic heterocycles. The predicted octanol–water partition coefficient (Wildman–Crippen LogP) is 2.84. The molecule has 0 aliphatic carbocycles. The SMILES string of the molecule is CC(C)(C)OC(=O)N[C@@H](CC(=O)N1CCC[C@H]1C=O)Cc1ccccc1F. The molecule has 2 atom stereocenters. The lowest BCUT2D eigenvalue weighted by Crippen LogP contribution is -2.45. The fourth-order valence-corrected chi connectivity index (χ4v) is 3.15. The summed E-state index contributed by atoms with van der Waals surface area (Å²) in [6.07, 6.45) is 1.65. The fraction of sp³-hybridized carbons (Fsp3) is 0.550. The highest BCUT2D eigenvalue weighted by Gasteiger charge is 2.31. The highest BCUT2D eigenvalue weighted by Crippen LogP contribution is 2.19. The van der Waals surface area contributed by atoms with E-state index in [0.29, 0.717) is 18.5 Å². The van der Waals surface area contributed by atoms with Gasteiger partial charge in [-0.25, -0.2) is 9.18 Å². The quantitative estimate of drug-likeness (QED) is 0.773. The van der Waals surface area contributed by atoms with Gasteiger partial charge in [0.05, 0.1) is 6.04 Å². The molecule has 2 rings (SSSR count). The first-order valence-corrected chi connectivity index (χ1v) is 9.17. The van der Waals surface area contributed by atoms with Gasteiger partial charge in [0.25, 0.3) is 0 Å². The van der Waals surface area contributed by atoms with E-state index in [1.54, 1.807) is 39.0 Å². The molecule has 2 amide bonds. The summed E-state index contributed by atoms with van der Waals surface area (Å²) in [7, 11) is 0. The normalized spacial score (nSPS) is 18.1. The Morgan fingerprint density at radius 2 is 2.07 bits per heavy atom. The van der Waals surface area contributed by atoms with Crippen LogP contribution in [-0.2, 0) is 20.7 Å². The molecule has 27 heavy (non-hydrogen) atoms. The van der Waals surface area contributed by atoms with Crippen molar-refractivity contribution in [3.63, 3.8) is 0 Å². The minimum absolute atomic E-state index is 0.0298. The van der Waals surface area contributed by atoms with Crippen molar-refractivity contribution in [1.29, 1.82) is 0 Å². The monoisotopic (exact) mass is 378 g/mol. The van der Waals surface area contributed by atoms with Crippen molar-refractivity contribution >= 4 is 18.3 Å². The van der Waals surface area contributed by atoms with Crippen LogP contribution in [0.1, 0.15) is 45.6 Å². The number of ether oxygens (including phenoxy) is 1. The zero-order valence-corrected chi connectivity index (χ0v) is 16.0. The molecule has 1 heterocycles. The Morgan fingerprint density at radius 1 is 1.37 bits per heavy atom. The number of aldehydes is 1. The van der Waals surface area contributed by atoms with E-state index >= 15 is 0 Å². The zero-order chi connectivity index (χ0) is 20.0. The van der Waals surface area contributed by atoms with Gasteiger partial charge in [0.2, 0.25) is 5.91 Å². The molecule has 1 aromatic rings. The Balaban J connectivity index is 2.11. The van der Waals surface area contributed by atoms with E-state index in [1.165, 1.54) is 11.0 Å². The highest BCUT2D eigenvalue weighted by atomic mass is 19.1. The van der Waals surface area contributed by atoms with Crippen LogP contribution in [0.2, 0.25) is 0 Å². The number of benzene rings is 1. The molecule has 0 bridgehead atoms. The van der Waals surface area contributed by atoms with Crippen molar-refractivity contribution in [2.45, 2.75) is 64.1 Å². The van der Waals surface area contributed by atoms with E-state index in [0.717, 1.165) is 12.7 Å². The van der Waals surface area contributed by atoms with Gasteiger partial charge in [-0.15, -0.1) is 0 Å². The van der Waals surface area contributed by atoms with Crippen LogP contribution in [0.4, 0.5) is 9.18 Å². The zero-order valence-electron chi connectivity index (χ0n) is 16.0. The molecule has 0 spiro atoms. The average Bonchev–Trinajstić information content (AvgIpc) is 3.03. The highest BCUT2D eigenvalue weighted by molar-refractivity contribution is 5.81. The molecule has 6 nitrogen and oxygen atoms in total. The number of halogens is 1. The molecule has 0 unspecified atom stereocenters. The second-order valence-electron chi connectivity index (χ2n) is 7.78. The largest absolute Gasteiger partial charge is 0.444 e. The van der Waals surface area contributed by atoms with Gasteiger partial charge in [-0.2, -0.15) is 0 Å². The Kier molecular flexibility index (Phi) is 6.93. The van der Waals surface area contributed by atoms with E-state index in [9.17, 15) is 18.8 Å². The number of amides is 2. The Bertz CT molecular complexity index is 687. The maximum absolute atomic E-state index is 14.0. The number of likely N-dealkylation sites (tertiary alicyclic amines) is 1. The summed E-state index contributed by atoms with van der Waals surface area (Å²) in [5, 5.41) is 2.67. The molecule has 1 aliphatic rings. The molecule has 7 heteroatoms. The smallest absolute Gasteiger partial charge is 0.407 e. The topological polar surface area (TPSA) is 75.7 Å². The van der Waals surface area contributed by atoms with Gasteiger partial charge in [0.15, 0.2) is 0 Å². The van der Waals surface area contributed by atoms with Crippen LogP contribution >= 0.6 is 0 Å². The summed E-state index contributed by atoms with van der Waals surface area (Å²) in [5.74, 6) is -0.630. The van der Waals surface area contributed by atoms with Gasteiger partial charge in [-0.3, -0.25) is 4.79 Å². The van der Waals surface area contributed by atoms with Gasteiger partial charge in [-0.1, -0.05) is 18.2 Å². The maximum Gasteiger partial charge on any atom is 0.407 e. The second kappa shape index (κ2) is 8.97. The minimum Gasteiger partial charge on any atom is -0.444 e. The van der Waals surface area contributed by atoms with Gasteiger partial charge in [-0.05, 0) is 51.7 Å². The number of hydrogen-bond donors (Lipinski definition) is 1. The Hall–Kier alpha value is -2.44. The summed E-state index contributed by atoms with van der Waals surface area (Å²) in [6.45, 7) is 5.73. The molecule has 0 radical (unpaired) electrons. The van der Waals surface area contributed by atoms with Crippen LogP contribution in [0.3, 0.4) is 0 Å². The molecule has 0 saturated carbocycles. The van der Waals surface area contributed by atoms with E-state index in [-0.39, 0.29) is 18.7 Å². The van der Waals surface area contributed by atoms with E-state index in [1.807, 2.05) is 0 Å². The van der Waals surface area contributed by atoms with Gasteiger partial charge >= 0.3 is 6.09 Å². The summed E-state index contributed by atoms with van der Waals surface area (Å²) < 4.78 is 19.3. The summed E-state index contributed by atoms with van der Waals surface area (Å²) in [6, 6.07) is 5.18. The molecule has 0 aromatic heterocycles. The lowest BCUT2D eigenvalue weighted by atomic mass is 10.0. The lowest BCUT2D eigenvalue weighted by Gasteiger charge is -2.26. The van der Waals surface area contributed by atoms with E-state index in [2.05, 4.69) is 5.32 Å². The third-order valence-electron chi connectivity index (χ3n) is 4.34. The molecular formula is C20H27FN2O4. The Labute approximate surface area is 159 Å². The number of alkyl carbamates (subject to hydrolysis) is 1. The van der Waals surface area contributed by atoms with Gasteiger partial charge in [0.1, 0.15) is 17.7 Å². The van der Waals surface area contributed by atoms with Crippen molar-refractivity contribution in [2.24, 2.45) is 0 Å². The van der Waals surface area contributed by atoms with Crippen LogP contribution in [0, 0.1) is 5.82 Å².